The second-order valence-corrected chi connectivity index (χ2v) is 9.40. The molecule has 4 N–H and O–H groups in total. The minimum atomic E-state index is -1.27. The summed E-state index contributed by atoms with van der Waals surface area (Å²) in [5.41, 5.74) is 2.48. The molecule has 2 heterocycles. The highest BCUT2D eigenvalue weighted by atomic mass is 16.4. The number of H-pyrrole nitrogens is 2. The van der Waals surface area contributed by atoms with Crippen molar-refractivity contribution in [3.63, 3.8) is 0 Å². The number of aliphatic carboxylic acids is 1. The van der Waals surface area contributed by atoms with Crippen molar-refractivity contribution in [3.05, 3.63) is 136 Å². The predicted octanol–water partition coefficient (Wildman–Crippen LogP) is 4.08. The van der Waals surface area contributed by atoms with Gasteiger partial charge in [0.2, 0.25) is 0 Å². The van der Waals surface area contributed by atoms with Crippen LogP contribution in [0.5, 0.6) is 0 Å². The summed E-state index contributed by atoms with van der Waals surface area (Å²) in [6.07, 6.45) is 2.81. The molecule has 0 unspecified atom stereocenters. The molecule has 200 valence electrons. The van der Waals surface area contributed by atoms with Crippen LogP contribution in [0.2, 0.25) is 0 Å². The second-order valence-electron chi connectivity index (χ2n) is 9.40. The molecule has 0 fully saturated rings. The van der Waals surface area contributed by atoms with E-state index < -0.39 is 29.3 Å². The van der Waals surface area contributed by atoms with Crippen LogP contribution in [0, 0.1) is 0 Å². The summed E-state index contributed by atoms with van der Waals surface area (Å²) in [5.74, 6) is -3.19. The van der Waals surface area contributed by atoms with Gasteiger partial charge in [0.25, 0.3) is 11.5 Å². The van der Waals surface area contributed by atoms with Gasteiger partial charge in [-0.1, -0.05) is 78.9 Å². The van der Waals surface area contributed by atoms with Crippen LogP contribution in [0.25, 0.3) is 10.9 Å². The molecule has 0 aliphatic heterocycles. The Labute approximate surface area is 228 Å². The van der Waals surface area contributed by atoms with Crippen molar-refractivity contribution in [3.8, 4) is 0 Å². The zero-order valence-corrected chi connectivity index (χ0v) is 21.3. The van der Waals surface area contributed by atoms with E-state index in [0.717, 1.165) is 33.8 Å². The molecule has 5 aromatic rings. The number of nitrogens with one attached hydrogen (secondary N) is 3. The van der Waals surface area contributed by atoms with Crippen molar-refractivity contribution in [2.75, 3.05) is 0 Å². The number of para-hydroxylation sites is 1. The quantitative estimate of drug-likeness (QED) is 0.199. The summed E-state index contributed by atoms with van der Waals surface area (Å²) in [5, 5.41) is 13.0. The molecule has 0 radical (unpaired) electrons. The lowest BCUT2D eigenvalue weighted by Crippen LogP contribution is -2.43. The molecule has 0 saturated heterocycles. The summed E-state index contributed by atoms with van der Waals surface area (Å²) in [4.78, 5) is 60.2. The van der Waals surface area contributed by atoms with Gasteiger partial charge >= 0.3 is 5.97 Å². The van der Waals surface area contributed by atoms with E-state index in [1.54, 1.807) is 6.20 Å². The number of aromatic amines is 2. The minimum absolute atomic E-state index is 0.0201. The first-order chi connectivity index (χ1) is 19.4. The van der Waals surface area contributed by atoms with Crippen molar-refractivity contribution in [1.29, 1.82) is 0 Å². The number of aromatic nitrogens is 3. The molecule has 1 atom stereocenters. The van der Waals surface area contributed by atoms with Crippen LogP contribution in [0.4, 0.5) is 0 Å². The number of ketones is 1. The van der Waals surface area contributed by atoms with Crippen molar-refractivity contribution in [1.82, 2.24) is 20.3 Å². The maximum absolute atomic E-state index is 13.2. The molecule has 3 aromatic carbocycles. The Hall–Kier alpha value is -5.31. The molecule has 0 saturated carbocycles. The highest BCUT2D eigenvalue weighted by Crippen LogP contribution is 2.29. The lowest BCUT2D eigenvalue weighted by Gasteiger charge is -2.17. The lowest BCUT2D eigenvalue weighted by atomic mass is 9.86. The monoisotopic (exact) mass is 534 g/mol. The smallest absolute Gasteiger partial charge is 0.326 e. The van der Waals surface area contributed by atoms with Crippen molar-refractivity contribution < 1.29 is 19.5 Å². The Kier molecular flexibility index (Phi) is 7.63. The highest BCUT2D eigenvalue weighted by molar-refractivity contribution is 5.97. The van der Waals surface area contributed by atoms with Gasteiger partial charge in [0.05, 0.1) is 0 Å². The van der Waals surface area contributed by atoms with E-state index in [1.165, 1.54) is 0 Å². The Morgan fingerprint density at radius 2 is 1.50 bits per heavy atom. The Bertz CT molecular complexity index is 1690. The molecule has 0 aliphatic carbocycles. The number of carbonyl (C=O) groups is 3. The fourth-order valence-corrected chi connectivity index (χ4v) is 4.75. The van der Waals surface area contributed by atoms with Crippen molar-refractivity contribution in [2.45, 2.75) is 24.8 Å². The third kappa shape index (κ3) is 5.73. The van der Waals surface area contributed by atoms with Gasteiger partial charge in [0, 0.05) is 42.1 Å². The van der Waals surface area contributed by atoms with E-state index in [2.05, 4.69) is 20.3 Å². The van der Waals surface area contributed by atoms with Gasteiger partial charge in [-0.15, -0.1) is 0 Å². The fraction of sp³-hybridized carbons (Fsp3) is 0.129. The van der Waals surface area contributed by atoms with Gasteiger partial charge in [-0.05, 0) is 22.8 Å². The summed E-state index contributed by atoms with van der Waals surface area (Å²) < 4.78 is 0. The molecule has 0 aliphatic rings. The van der Waals surface area contributed by atoms with Gasteiger partial charge in [-0.25, -0.2) is 9.78 Å². The SMILES string of the molecule is O=C(N[C@@H](Cc1c[nH]c2ccccc12)C(=O)O)c1ncc(C(=O)CC(c2ccccc2)c2ccccc2)c(=O)[nH]1. The third-order valence-electron chi connectivity index (χ3n) is 6.81. The van der Waals surface area contributed by atoms with Crippen molar-refractivity contribution in [2.24, 2.45) is 0 Å². The molecule has 40 heavy (non-hydrogen) atoms. The van der Waals surface area contributed by atoms with Crippen LogP contribution in [0.1, 0.15) is 50.0 Å². The normalized spacial score (nSPS) is 11.8. The number of nitrogens with zero attached hydrogens (tertiary/aromatic N) is 1. The Morgan fingerprint density at radius 3 is 2.12 bits per heavy atom. The zero-order valence-electron chi connectivity index (χ0n) is 21.3. The molecule has 9 heteroatoms. The standard InChI is InChI=1S/C31H26N4O5/c36-27(16-23(19-9-3-1-4-10-19)20-11-5-2-6-12-20)24-18-33-28(35-29(24)37)30(38)34-26(31(39)40)15-21-17-32-25-14-8-7-13-22(21)25/h1-14,17-18,23,26,32H,15-16H2,(H,34,38)(H,39,40)(H,33,35,37)/t26-/m0/s1. The maximum atomic E-state index is 13.2. The Morgan fingerprint density at radius 1 is 0.875 bits per heavy atom. The number of carboxylic acid groups (broad SMARTS) is 1. The van der Waals surface area contributed by atoms with Crippen LogP contribution in [0.3, 0.4) is 0 Å². The van der Waals surface area contributed by atoms with E-state index >= 15 is 0 Å². The van der Waals surface area contributed by atoms with Crippen LogP contribution < -0.4 is 10.9 Å². The molecular formula is C31H26N4O5. The molecular weight excluding hydrogens is 508 g/mol. The first kappa shape index (κ1) is 26.3. The first-order valence-electron chi connectivity index (χ1n) is 12.7. The molecule has 2 aromatic heterocycles. The summed E-state index contributed by atoms with van der Waals surface area (Å²) >= 11 is 0. The average molecular weight is 535 g/mol. The number of hydrogen-bond donors (Lipinski definition) is 4. The van der Waals surface area contributed by atoms with Gasteiger partial charge in [-0.2, -0.15) is 0 Å². The number of hydrogen-bond acceptors (Lipinski definition) is 5. The number of fused-ring (bicyclic) bond motifs is 1. The zero-order chi connectivity index (χ0) is 28.1. The average Bonchev–Trinajstić information content (AvgIpc) is 3.39. The number of carboxylic acids is 1. The summed E-state index contributed by atoms with van der Waals surface area (Å²) in [7, 11) is 0. The second kappa shape index (κ2) is 11.6. The number of rotatable bonds is 10. The molecule has 1 amide bonds. The summed E-state index contributed by atoms with van der Waals surface area (Å²) in [6.45, 7) is 0. The number of carbonyl (C=O) groups excluding carboxylic acids is 2. The van der Waals surface area contributed by atoms with E-state index in [9.17, 15) is 24.3 Å². The lowest BCUT2D eigenvalue weighted by molar-refractivity contribution is -0.139. The third-order valence-corrected chi connectivity index (χ3v) is 6.81. The van der Waals surface area contributed by atoms with Gasteiger partial charge < -0.3 is 20.4 Å². The van der Waals surface area contributed by atoms with Crippen LogP contribution in [0.15, 0.2) is 102 Å². The fourth-order valence-electron chi connectivity index (χ4n) is 4.75. The highest BCUT2D eigenvalue weighted by Gasteiger charge is 2.25. The molecule has 5 rings (SSSR count). The summed E-state index contributed by atoms with van der Waals surface area (Å²) in [6, 6.07) is 25.2. The van der Waals surface area contributed by atoms with Gasteiger partial charge in [0.1, 0.15) is 11.6 Å². The van der Waals surface area contributed by atoms with E-state index in [0.29, 0.717) is 0 Å². The molecule has 9 nitrogen and oxygen atoms in total. The first-order valence-corrected chi connectivity index (χ1v) is 12.7. The number of Topliss-reactive ketones (excluding diaryl/α,β-unsaturated/α-hetero) is 1. The predicted molar refractivity (Wildman–Crippen MR) is 149 cm³/mol. The number of benzene rings is 3. The number of amides is 1. The molecule has 0 spiro atoms. The topological polar surface area (TPSA) is 145 Å². The maximum Gasteiger partial charge on any atom is 0.326 e. The van der Waals surface area contributed by atoms with E-state index in [-0.39, 0.29) is 30.1 Å². The van der Waals surface area contributed by atoms with Crippen LogP contribution >= 0.6 is 0 Å². The minimum Gasteiger partial charge on any atom is -0.480 e. The van der Waals surface area contributed by atoms with Gasteiger partial charge in [-0.3, -0.25) is 14.4 Å². The molecule has 0 bridgehead atoms. The van der Waals surface area contributed by atoms with Crippen LogP contribution in [-0.4, -0.2) is 43.8 Å². The van der Waals surface area contributed by atoms with Gasteiger partial charge in [0.15, 0.2) is 11.6 Å². The largest absolute Gasteiger partial charge is 0.480 e. The van der Waals surface area contributed by atoms with Crippen LogP contribution in [-0.2, 0) is 11.2 Å². The van der Waals surface area contributed by atoms with E-state index in [1.807, 2.05) is 84.9 Å². The Balaban J connectivity index is 1.32. The van der Waals surface area contributed by atoms with E-state index in [4.69, 9.17) is 0 Å². The van der Waals surface area contributed by atoms with Crippen molar-refractivity contribution >= 4 is 28.6 Å².